The minimum Gasteiger partial charge on any atom is -0.377 e. The number of hydrogen-bond acceptors (Lipinski definition) is 3. The third kappa shape index (κ3) is 2.25. The van der Waals surface area contributed by atoms with Crippen molar-refractivity contribution < 1.29 is 4.74 Å². The van der Waals surface area contributed by atoms with E-state index >= 15 is 0 Å². The monoisotopic (exact) mass is 220 g/mol. The Balaban J connectivity index is 2.00. The minimum absolute atomic E-state index is 0.0995. The van der Waals surface area contributed by atoms with Gasteiger partial charge in [0.15, 0.2) is 0 Å². The number of aryl methyl sites for hydroxylation is 1. The van der Waals surface area contributed by atoms with Gasteiger partial charge in [-0.2, -0.15) is 0 Å². The van der Waals surface area contributed by atoms with Crippen molar-refractivity contribution in [2.45, 2.75) is 45.4 Å². The van der Waals surface area contributed by atoms with E-state index in [1.807, 2.05) is 18.5 Å². The van der Waals surface area contributed by atoms with Crippen LogP contribution in [-0.4, -0.2) is 23.2 Å². The average Bonchev–Trinajstić information content (AvgIpc) is 2.59. The minimum atomic E-state index is 0.0995. The summed E-state index contributed by atoms with van der Waals surface area (Å²) in [6.45, 7) is 8.21. The van der Waals surface area contributed by atoms with E-state index in [4.69, 9.17) is 4.74 Å². The van der Waals surface area contributed by atoms with Crippen molar-refractivity contribution in [3.63, 3.8) is 0 Å². The third-order valence-electron chi connectivity index (χ3n) is 3.72. The number of aromatic nitrogens is 1. The topological polar surface area (TPSA) is 34.2 Å². The van der Waals surface area contributed by atoms with Gasteiger partial charge >= 0.3 is 0 Å². The maximum Gasteiger partial charge on any atom is 0.0726 e. The first-order chi connectivity index (χ1) is 7.62. The van der Waals surface area contributed by atoms with Gasteiger partial charge in [-0.15, -0.1) is 0 Å². The number of nitrogens with one attached hydrogen (secondary N) is 1. The second-order valence-electron chi connectivity index (χ2n) is 4.84. The van der Waals surface area contributed by atoms with Crippen molar-refractivity contribution in [2.24, 2.45) is 0 Å². The summed E-state index contributed by atoms with van der Waals surface area (Å²) in [6.07, 6.45) is 5.13. The molecule has 1 aliphatic heterocycles. The molecule has 2 heterocycles. The summed E-state index contributed by atoms with van der Waals surface area (Å²) in [5, 5.41) is 3.60. The van der Waals surface area contributed by atoms with Crippen LogP contribution in [0.1, 0.15) is 31.4 Å². The van der Waals surface area contributed by atoms with Gasteiger partial charge < -0.3 is 10.1 Å². The van der Waals surface area contributed by atoms with Crippen LogP contribution in [0.25, 0.3) is 0 Å². The zero-order valence-electron chi connectivity index (χ0n) is 10.3. The zero-order valence-corrected chi connectivity index (χ0v) is 10.3. The van der Waals surface area contributed by atoms with Crippen molar-refractivity contribution >= 4 is 0 Å². The molecule has 1 fully saturated rings. The Labute approximate surface area is 97.2 Å². The first-order valence-electron chi connectivity index (χ1n) is 5.88. The lowest BCUT2D eigenvalue weighted by Gasteiger charge is -2.29. The van der Waals surface area contributed by atoms with Gasteiger partial charge in [0.05, 0.1) is 6.10 Å². The predicted molar refractivity (Wildman–Crippen MR) is 64.2 cm³/mol. The molecule has 0 bridgehead atoms. The van der Waals surface area contributed by atoms with Crippen molar-refractivity contribution in [1.29, 1.82) is 0 Å². The highest BCUT2D eigenvalue weighted by Crippen LogP contribution is 2.25. The summed E-state index contributed by atoms with van der Waals surface area (Å²) in [5.41, 5.74) is 2.66. The van der Waals surface area contributed by atoms with E-state index in [1.54, 1.807) is 0 Å². The molecule has 0 radical (unpaired) electrons. The molecule has 1 aromatic heterocycles. The van der Waals surface area contributed by atoms with Gasteiger partial charge in [0, 0.05) is 31.1 Å². The molecule has 2 rings (SSSR count). The van der Waals surface area contributed by atoms with Crippen LogP contribution in [0.2, 0.25) is 0 Å². The lowest BCUT2D eigenvalue weighted by Crippen LogP contribution is -2.47. The molecule has 1 aliphatic rings. The first kappa shape index (κ1) is 11.6. The Morgan fingerprint density at radius 3 is 3.06 bits per heavy atom. The molecule has 2 atom stereocenters. The summed E-state index contributed by atoms with van der Waals surface area (Å²) in [5.74, 6) is 0. The van der Waals surface area contributed by atoms with Crippen LogP contribution >= 0.6 is 0 Å². The van der Waals surface area contributed by atoms with Crippen LogP contribution in [-0.2, 0) is 11.3 Å². The molecule has 1 N–H and O–H groups in total. The molecule has 1 aromatic rings. The maximum absolute atomic E-state index is 5.61. The van der Waals surface area contributed by atoms with Crippen molar-refractivity contribution in [2.75, 3.05) is 6.61 Å². The molecule has 0 amide bonds. The van der Waals surface area contributed by atoms with E-state index in [-0.39, 0.29) is 11.6 Å². The first-order valence-corrected chi connectivity index (χ1v) is 5.88. The standard InChI is InChI=1S/C13H20N2O/c1-10-4-6-14-8-12(10)9-15-13(3)5-7-16-11(13)2/h4,6,8,11,15H,5,7,9H2,1-3H3. The Morgan fingerprint density at radius 2 is 2.44 bits per heavy atom. The number of nitrogens with zero attached hydrogens (tertiary/aromatic N) is 1. The molecule has 2 unspecified atom stereocenters. The SMILES string of the molecule is Cc1ccncc1CNC1(C)CCOC1C. The zero-order chi connectivity index (χ0) is 11.6. The fourth-order valence-electron chi connectivity index (χ4n) is 2.05. The number of rotatable bonds is 3. The summed E-state index contributed by atoms with van der Waals surface area (Å²) in [7, 11) is 0. The highest BCUT2D eigenvalue weighted by molar-refractivity contribution is 5.21. The van der Waals surface area contributed by atoms with E-state index in [0.717, 1.165) is 19.6 Å². The lowest BCUT2D eigenvalue weighted by molar-refractivity contribution is 0.0881. The quantitative estimate of drug-likeness (QED) is 0.846. The smallest absolute Gasteiger partial charge is 0.0726 e. The van der Waals surface area contributed by atoms with E-state index in [2.05, 4.69) is 31.1 Å². The van der Waals surface area contributed by atoms with Crippen molar-refractivity contribution in [1.82, 2.24) is 10.3 Å². The average molecular weight is 220 g/mol. The molecule has 3 nitrogen and oxygen atoms in total. The van der Waals surface area contributed by atoms with E-state index in [1.165, 1.54) is 11.1 Å². The van der Waals surface area contributed by atoms with E-state index in [0.29, 0.717) is 0 Å². The van der Waals surface area contributed by atoms with Crippen molar-refractivity contribution in [3.05, 3.63) is 29.6 Å². The van der Waals surface area contributed by atoms with Gasteiger partial charge in [-0.25, -0.2) is 0 Å². The largest absolute Gasteiger partial charge is 0.377 e. The van der Waals surface area contributed by atoms with Gasteiger partial charge in [0.1, 0.15) is 0 Å². The predicted octanol–water partition coefficient (Wildman–Crippen LogP) is 2.05. The molecular weight excluding hydrogens is 200 g/mol. The van der Waals surface area contributed by atoms with Crippen LogP contribution < -0.4 is 5.32 Å². The molecule has 88 valence electrons. The summed E-state index contributed by atoms with van der Waals surface area (Å²) >= 11 is 0. The summed E-state index contributed by atoms with van der Waals surface area (Å²) < 4.78 is 5.61. The molecule has 1 saturated heterocycles. The second-order valence-corrected chi connectivity index (χ2v) is 4.84. The Morgan fingerprint density at radius 1 is 1.62 bits per heavy atom. The van der Waals surface area contributed by atoms with Gasteiger partial charge in [0.25, 0.3) is 0 Å². The lowest BCUT2D eigenvalue weighted by atomic mass is 9.94. The van der Waals surface area contributed by atoms with E-state index in [9.17, 15) is 0 Å². The molecular formula is C13H20N2O. The van der Waals surface area contributed by atoms with Gasteiger partial charge in [-0.3, -0.25) is 4.98 Å². The fraction of sp³-hybridized carbons (Fsp3) is 0.615. The Kier molecular flexibility index (Phi) is 3.26. The molecule has 3 heteroatoms. The second kappa shape index (κ2) is 4.52. The molecule has 0 aromatic carbocycles. The van der Waals surface area contributed by atoms with E-state index < -0.39 is 0 Å². The molecule has 16 heavy (non-hydrogen) atoms. The van der Waals surface area contributed by atoms with Crippen LogP contribution in [0, 0.1) is 6.92 Å². The number of hydrogen-bond donors (Lipinski definition) is 1. The van der Waals surface area contributed by atoms with Gasteiger partial charge in [-0.1, -0.05) is 0 Å². The third-order valence-corrected chi connectivity index (χ3v) is 3.72. The summed E-state index contributed by atoms with van der Waals surface area (Å²) in [4.78, 5) is 4.16. The number of ether oxygens (including phenoxy) is 1. The molecule has 0 aliphatic carbocycles. The number of pyridine rings is 1. The van der Waals surface area contributed by atoms with Crippen molar-refractivity contribution in [3.8, 4) is 0 Å². The fourth-order valence-corrected chi connectivity index (χ4v) is 2.05. The van der Waals surface area contributed by atoms with Gasteiger partial charge in [-0.05, 0) is 44.4 Å². The maximum atomic E-state index is 5.61. The highest BCUT2D eigenvalue weighted by atomic mass is 16.5. The molecule has 0 spiro atoms. The highest BCUT2D eigenvalue weighted by Gasteiger charge is 2.36. The molecule has 0 saturated carbocycles. The van der Waals surface area contributed by atoms with Crippen LogP contribution in [0.4, 0.5) is 0 Å². The Bertz CT molecular complexity index is 367. The van der Waals surface area contributed by atoms with Crippen LogP contribution in [0.5, 0.6) is 0 Å². The summed E-state index contributed by atoms with van der Waals surface area (Å²) in [6, 6.07) is 2.05. The normalized spacial score (nSPS) is 29.6. The van der Waals surface area contributed by atoms with Gasteiger partial charge in [0.2, 0.25) is 0 Å². The van der Waals surface area contributed by atoms with Crippen LogP contribution in [0.3, 0.4) is 0 Å². The van der Waals surface area contributed by atoms with Crippen LogP contribution in [0.15, 0.2) is 18.5 Å². The Hall–Kier alpha value is -0.930.